The summed E-state index contributed by atoms with van der Waals surface area (Å²) in [7, 11) is 2.95. The minimum atomic E-state index is -0.646. The quantitative estimate of drug-likeness (QED) is 0.702. The highest BCUT2D eigenvalue weighted by Crippen LogP contribution is 2.36. The first-order valence-electron chi connectivity index (χ1n) is 9.04. The molecule has 0 aliphatic carbocycles. The van der Waals surface area contributed by atoms with Crippen molar-refractivity contribution in [3.8, 4) is 17.2 Å². The Balaban J connectivity index is 2.12. The SMILES string of the molecule is C=CCn1c(=O)c(C(=O)NCC2CCCO2)c(O)c2cc(OC)c(OC)cc21. The number of methoxy groups -OCH3 is 2. The lowest BCUT2D eigenvalue weighted by molar-refractivity contribution is 0.0854. The van der Waals surface area contributed by atoms with Crippen LogP contribution in [-0.4, -0.2) is 49.1 Å². The van der Waals surface area contributed by atoms with Crippen LogP contribution in [0.4, 0.5) is 0 Å². The molecule has 1 atom stereocenters. The third kappa shape index (κ3) is 3.55. The molecule has 0 bridgehead atoms. The summed E-state index contributed by atoms with van der Waals surface area (Å²) >= 11 is 0. The lowest BCUT2D eigenvalue weighted by Crippen LogP contribution is -2.37. The lowest BCUT2D eigenvalue weighted by Gasteiger charge is -2.17. The van der Waals surface area contributed by atoms with E-state index in [0.29, 0.717) is 29.0 Å². The molecule has 0 saturated carbocycles. The Morgan fingerprint density at radius 1 is 1.39 bits per heavy atom. The first-order valence-corrected chi connectivity index (χ1v) is 9.04. The van der Waals surface area contributed by atoms with Gasteiger partial charge < -0.3 is 29.2 Å². The molecule has 1 amide bonds. The number of aromatic nitrogens is 1. The second kappa shape index (κ2) is 8.35. The Kier molecular flexibility index (Phi) is 5.89. The van der Waals surface area contributed by atoms with E-state index >= 15 is 0 Å². The van der Waals surface area contributed by atoms with Gasteiger partial charge in [-0.1, -0.05) is 6.08 Å². The zero-order valence-electron chi connectivity index (χ0n) is 16.0. The van der Waals surface area contributed by atoms with Crippen LogP contribution in [-0.2, 0) is 11.3 Å². The number of rotatable bonds is 7. The van der Waals surface area contributed by atoms with Gasteiger partial charge in [-0.2, -0.15) is 0 Å². The molecular weight excluding hydrogens is 364 g/mol. The van der Waals surface area contributed by atoms with Crippen molar-refractivity contribution in [2.24, 2.45) is 0 Å². The van der Waals surface area contributed by atoms with Gasteiger partial charge in [-0.3, -0.25) is 9.59 Å². The number of nitrogens with one attached hydrogen (secondary N) is 1. The van der Waals surface area contributed by atoms with Gasteiger partial charge in [0.05, 0.1) is 25.8 Å². The molecule has 1 aliphatic heterocycles. The van der Waals surface area contributed by atoms with Crippen molar-refractivity contribution in [1.82, 2.24) is 9.88 Å². The molecule has 150 valence electrons. The van der Waals surface area contributed by atoms with E-state index in [9.17, 15) is 14.7 Å². The highest BCUT2D eigenvalue weighted by atomic mass is 16.5. The largest absolute Gasteiger partial charge is 0.506 e. The standard InChI is InChI=1S/C20H24N2O6/c1-4-7-22-14-10-16(27-3)15(26-2)9-13(14)18(23)17(20(22)25)19(24)21-11-12-6-5-8-28-12/h4,9-10,12,23H,1,5-8,11H2,2-3H3,(H,21,24). The van der Waals surface area contributed by atoms with E-state index in [-0.39, 0.29) is 24.8 Å². The van der Waals surface area contributed by atoms with E-state index in [2.05, 4.69) is 11.9 Å². The summed E-state index contributed by atoms with van der Waals surface area (Å²) in [4.78, 5) is 25.7. The Bertz CT molecular complexity index is 960. The summed E-state index contributed by atoms with van der Waals surface area (Å²) in [5.74, 6) is -0.263. The minimum absolute atomic E-state index is 0.0775. The molecule has 8 nitrogen and oxygen atoms in total. The molecule has 0 spiro atoms. The van der Waals surface area contributed by atoms with Crippen molar-refractivity contribution in [3.05, 3.63) is 40.7 Å². The fourth-order valence-corrected chi connectivity index (χ4v) is 3.38. The smallest absolute Gasteiger partial charge is 0.268 e. The van der Waals surface area contributed by atoms with E-state index < -0.39 is 17.2 Å². The van der Waals surface area contributed by atoms with Gasteiger partial charge in [0.25, 0.3) is 11.5 Å². The fourth-order valence-electron chi connectivity index (χ4n) is 3.38. The number of benzene rings is 1. The van der Waals surface area contributed by atoms with Crippen LogP contribution in [0.1, 0.15) is 23.2 Å². The van der Waals surface area contributed by atoms with Gasteiger partial charge in [0.1, 0.15) is 11.3 Å². The Labute approximate surface area is 162 Å². The molecule has 0 radical (unpaired) electrons. The summed E-state index contributed by atoms with van der Waals surface area (Å²) in [6.07, 6.45) is 3.26. The van der Waals surface area contributed by atoms with E-state index in [0.717, 1.165) is 12.8 Å². The molecule has 28 heavy (non-hydrogen) atoms. The number of carbonyl (C=O) groups excluding carboxylic acids is 1. The molecule has 1 aromatic heterocycles. The van der Waals surface area contributed by atoms with Gasteiger partial charge in [-0.05, 0) is 18.9 Å². The molecule has 8 heteroatoms. The molecule has 2 aromatic rings. The number of hydrogen-bond donors (Lipinski definition) is 2. The van der Waals surface area contributed by atoms with E-state index in [1.54, 1.807) is 18.2 Å². The zero-order valence-corrected chi connectivity index (χ0v) is 16.0. The number of aromatic hydroxyl groups is 1. The van der Waals surface area contributed by atoms with Gasteiger partial charge >= 0.3 is 0 Å². The predicted octanol–water partition coefficient (Wildman–Crippen LogP) is 1.82. The first kappa shape index (κ1) is 19.8. The van der Waals surface area contributed by atoms with E-state index in [1.807, 2.05) is 0 Å². The van der Waals surface area contributed by atoms with Gasteiger partial charge in [-0.25, -0.2) is 0 Å². The van der Waals surface area contributed by atoms with Crippen molar-refractivity contribution in [2.75, 3.05) is 27.4 Å². The molecule has 1 fully saturated rings. The number of carbonyl (C=O) groups is 1. The Morgan fingerprint density at radius 2 is 2.11 bits per heavy atom. The monoisotopic (exact) mass is 388 g/mol. The first-order chi connectivity index (χ1) is 13.5. The van der Waals surface area contributed by atoms with Gasteiger partial charge in [0, 0.05) is 31.1 Å². The van der Waals surface area contributed by atoms with E-state index in [1.165, 1.54) is 18.8 Å². The third-order valence-corrected chi connectivity index (χ3v) is 4.80. The maximum absolute atomic E-state index is 13.0. The third-order valence-electron chi connectivity index (χ3n) is 4.80. The highest BCUT2D eigenvalue weighted by molar-refractivity contribution is 6.03. The van der Waals surface area contributed by atoms with Crippen molar-refractivity contribution in [3.63, 3.8) is 0 Å². The maximum atomic E-state index is 13.0. The molecule has 1 saturated heterocycles. The number of allylic oxidation sites excluding steroid dienone is 1. The minimum Gasteiger partial charge on any atom is -0.506 e. The number of pyridine rings is 1. The lowest BCUT2D eigenvalue weighted by atomic mass is 10.1. The number of amides is 1. The summed E-state index contributed by atoms with van der Waals surface area (Å²) in [5.41, 5.74) is -0.516. The van der Waals surface area contributed by atoms with Gasteiger partial charge in [0.2, 0.25) is 0 Å². The van der Waals surface area contributed by atoms with Crippen LogP contribution in [0.5, 0.6) is 17.2 Å². The summed E-state index contributed by atoms with van der Waals surface area (Å²) in [6.45, 7) is 4.78. The van der Waals surface area contributed by atoms with Crippen LogP contribution in [0.2, 0.25) is 0 Å². The molecule has 3 rings (SSSR count). The second-order valence-electron chi connectivity index (χ2n) is 6.50. The van der Waals surface area contributed by atoms with E-state index in [4.69, 9.17) is 14.2 Å². The average Bonchev–Trinajstić information content (AvgIpc) is 3.22. The van der Waals surface area contributed by atoms with Gasteiger partial charge in [-0.15, -0.1) is 6.58 Å². The van der Waals surface area contributed by atoms with Crippen molar-refractivity contribution in [1.29, 1.82) is 0 Å². The average molecular weight is 388 g/mol. The normalized spacial score (nSPS) is 16.1. The van der Waals surface area contributed by atoms with Crippen LogP contribution >= 0.6 is 0 Å². The van der Waals surface area contributed by atoms with Crippen LogP contribution in [0.15, 0.2) is 29.6 Å². The molecule has 2 heterocycles. The van der Waals surface area contributed by atoms with Crippen molar-refractivity contribution < 1.29 is 24.1 Å². The highest BCUT2D eigenvalue weighted by Gasteiger charge is 2.25. The number of hydrogen-bond acceptors (Lipinski definition) is 6. The fraction of sp³-hybridized carbons (Fsp3) is 0.400. The van der Waals surface area contributed by atoms with Crippen LogP contribution in [0.3, 0.4) is 0 Å². The van der Waals surface area contributed by atoms with Crippen molar-refractivity contribution >= 4 is 16.8 Å². The van der Waals surface area contributed by atoms with Crippen LogP contribution < -0.4 is 20.3 Å². The van der Waals surface area contributed by atoms with Gasteiger partial charge in [0.15, 0.2) is 11.5 Å². The summed E-state index contributed by atoms with van der Waals surface area (Å²) in [5, 5.41) is 13.7. The second-order valence-corrected chi connectivity index (χ2v) is 6.50. The van der Waals surface area contributed by atoms with Crippen LogP contribution in [0, 0.1) is 0 Å². The molecule has 2 N–H and O–H groups in total. The zero-order chi connectivity index (χ0) is 20.3. The number of nitrogens with zero attached hydrogens (tertiary/aromatic N) is 1. The molecule has 1 aromatic carbocycles. The Hall–Kier alpha value is -3.00. The molecule has 1 aliphatic rings. The summed E-state index contributed by atoms with van der Waals surface area (Å²) in [6, 6.07) is 3.13. The topological polar surface area (TPSA) is 99.0 Å². The van der Waals surface area contributed by atoms with Crippen LogP contribution in [0.25, 0.3) is 10.9 Å². The predicted molar refractivity (Wildman–Crippen MR) is 104 cm³/mol. The molecular formula is C20H24N2O6. The maximum Gasteiger partial charge on any atom is 0.268 e. The summed E-state index contributed by atoms with van der Waals surface area (Å²) < 4.78 is 17.4. The number of ether oxygens (including phenoxy) is 3. The Morgan fingerprint density at radius 3 is 2.71 bits per heavy atom. The number of fused-ring (bicyclic) bond motifs is 1. The molecule has 1 unspecified atom stereocenters. The van der Waals surface area contributed by atoms with Crippen molar-refractivity contribution in [2.45, 2.75) is 25.5 Å².